The highest BCUT2D eigenvalue weighted by atomic mass is 35.5. The summed E-state index contributed by atoms with van der Waals surface area (Å²) in [6, 6.07) is 1.65. The summed E-state index contributed by atoms with van der Waals surface area (Å²) < 4.78 is 39.5. The molecule has 1 fully saturated rings. The maximum absolute atomic E-state index is 13.2. The molecular formula is C13H10ClF3N4. The minimum atomic E-state index is -4.70. The first-order chi connectivity index (χ1) is 9.84. The lowest BCUT2D eigenvalue weighted by atomic mass is 10.1. The van der Waals surface area contributed by atoms with Gasteiger partial charge in [-0.25, -0.2) is 4.98 Å². The Hall–Kier alpha value is -1.94. The highest BCUT2D eigenvalue weighted by Crippen LogP contribution is 2.42. The van der Waals surface area contributed by atoms with Crippen LogP contribution in [0.1, 0.15) is 23.4 Å². The van der Waals surface area contributed by atoms with E-state index in [0.717, 1.165) is 6.42 Å². The first kappa shape index (κ1) is 14.0. The zero-order chi connectivity index (χ0) is 15.4. The zero-order valence-electron chi connectivity index (χ0n) is 11.0. The number of rotatable bonds is 1. The fourth-order valence-corrected chi connectivity index (χ4v) is 2.62. The van der Waals surface area contributed by atoms with Gasteiger partial charge in [-0.2, -0.15) is 18.4 Å². The largest absolute Gasteiger partial charge is 0.434 e. The molecule has 0 unspecified atom stereocenters. The molecule has 3 heterocycles. The third kappa shape index (κ3) is 2.02. The quantitative estimate of drug-likeness (QED) is 0.874. The Bertz CT molecular complexity index is 769. The molecule has 110 valence electrons. The van der Waals surface area contributed by atoms with E-state index in [2.05, 4.69) is 9.97 Å². The highest BCUT2D eigenvalue weighted by molar-refractivity contribution is 6.36. The zero-order valence-corrected chi connectivity index (χ0v) is 11.7. The SMILES string of the molecule is Cc1[nH]c2c(N3CCC3)c(C#N)c(C(F)(F)F)nc2c1Cl. The maximum Gasteiger partial charge on any atom is 0.434 e. The van der Waals surface area contributed by atoms with Crippen molar-refractivity contribution < 1.29 is 13.2 Å². The van der Waals surface area contributed by atoms with E-state index in [-0.39, 0.29) is 16.2 Å². The molecule has 21 heavy (non-hydrogen) atoms. The number of hydrogen-bond acceptors (Lipinski definition) is 3. The lowest BCUT2D eigenvalue weighted by molar-refractivity contribution is -0.141. The first-order valence-electron chi connectivity index (χ1n) is 6.28. The maximum atomic E-state index is 13.2. The summed E-state index contributed by atoms with van der Waals surface area (Å²) in [5.41, 5.74) is -0.405. The highest BCUT2D eigenvalue weighted by Gasteiger charge is 2.39. The summed E-state index contributed by atoms with van der Waals surface area (Å²) >= 11 is 6.03. The number of H-pyrrole nitrogens is 1. The number of nitrogens with one attached hydrogen (secondary N) is 1. The van der Waals surface area contributed by atoms with Gasteiger partial charge in [-0.3, -0.25) is 0 Å². The topological polar surface area (TPSA) is 55.7 Å². The van der Waals surface area contributed by atoms with Crippen LogP contribution in [0.5, 0.6) is 0 Å². The van der Waals surface area contributed by atoms with Crippen molar-refractivity contribution in [2.75, 3.05) is 18.0 Å². The summed E-state index contributed by atoms with van der Waals surface area (Å²) in [6.07, 6.45) is -3.82. The van der Waals surface area contributed by atoms with Crippen molar-refractivity contribution in [2.45, 2.75) is 19.5 Å². The van der Waals surface area contributed by atoms with Crippen molar-refractivity contribution in [3.05, 3.63) is 22.0 Å². The van der Waals surface area contributed by atoms with E-state index in [9.17, 15) is 18.4 Å². The lowest BCUT2D eigenvalue weighted by Gasteiger charge is -2.34. The summed E-state index contributed by atoms with van der Waals surface area (Å²) in [5, 5.41) is 9.36. The molecule has 0 bridgehead atoms. The average Bonchev–Trinajstić information content (AvgIpc) is 2.62. The monoisotopic (exact) mass is 314 g/mol. The standard InChI is InChI=1S/C13H10ClF3N4/c1-6-8(14)9-10(19-6)11(21-3-2-4-21)7(5-18)12(20-9)13(15,16)17/h19H,2-4H2,1H3. The smallest absolute Gasteiger partial charge is 0.369 e. The van der Waals surface area contributed by atoms with E-state index in [1.54, 1.807) is 17.9 Å². The fraction of sp³-hybridized carbons (Fsp3) is 0.385. The van der Waals surface area contributed by atoms with E-state index >= 15 is 0 Å². The molecule has 4 nitrogen and oxygen atoms in total. The van der Waals surface area contributed by atoms with Gasteiger partial charge in [0.25, 0.3) is 0 Å². The average molecular weight is 315 g/mol. The number of aromatic amines is 1. The molecule has 2 aromatic heterocycles. The van der Waals surface area contributed by atoms with E-state index < -0.39 is 17.4 Å². The number of aromatic nitrogens is 2. The molecule has 3 rings (SSSR count). The lowest BCUT2D eigenvalue weighted by Crippen LogP contribution is -2.38. The summed E-state index contributed by atoms with van der Waals surface area (Å²) in [5.74, 6) is 0. The van der Waals surface area contributed by atoms with Crippen LogP contribution >= 0.6 is 11.6 Å². The predicted molar refractivity (Wildman–Crippen MR) is 72.4 cm³/mol. The fourth-order valence-electron chi connectivity index (χ4n) is 2.44. The second-order valence-corrected chi connectivity index (χ2v) is 5.30. The van der Waals surface area contributed by atoms with Crippen LogP contribution < -0.4 is 4.90 Å². The van der Waals surface area contributed by atoms with Crippen LogP contribution in [-0.4, -0.2) is 23.1 Å². The Morgan fingerprint density at radius 1 is 1.38 bits per heavy atom. The molecule has 0 aliphatic carbocycles. The van der Waals surface area contributed by atoms with Crippen LogP contribution in [0.15, 0.2) is 0 Å². The number of fused-ring (bicyclic) bond motifs is 1. The van der Waals surface area contributed by atoms with Gasteiger partial charge < -0.3 is 9.88 Å². The van der Waals surface area contributed by atoms with Gasteiger partial charge in [-0.1, -0.05) is 11.6 Å². The van der Waals surface area contributed by atoms with Crippen molar-refractivity contribution in [2.24, 2.45) is 0 Å². The van der Waals surface area contributed by atoms with Gasteiger partial charge in [0.1, 0.15) is 17.1 Å². The summed E-state index contributed by atoms with van der Waals surface area (Å²) in [7, 11) is 0. The molecule has 2 aromatic rings. The number of nitriles is 1. The predicted octanol–water partition coefficient (Wildman–Crippen LogP) is 3.63. The number of aryl methyl sites for hydroxylation is 1. The van der Waals surface area contributed by atoms with E-state index in [1.807, 2.05) is 0 Å². The summed E-state index contributed by atoms with van der Waals surface area (Å²) in [4.78, 5) is 8.29. The molecule has 0 aromatic carbocycles. The van der Waals surface area contributed by atoms with E-state index in [4.69, 9.17) is 11.6 Å². The number of nitrogens with zero attached hydrogens (tertiary/aromatic N) is 3. The summed E-state index contributed by atoms with van der Waals surface area (Å²) in [6.45, 7) is 2.88. The molecule has 0 radical (unpaired) electrons. The Morgan fingerprint density at radius 2 is 2.05 bits per heavy atom. The van der Waals surface area contributed by atoms with Gasteiger partial charge in [-0.15, -0.1) is 0 Å². The second-order valence-electron chi connectivity index (χ2n) is 4.92. The molecule has 1 aliphatic heterocycles. The van der Waals surface area contributed by atoms with Crippen molar-refractivity contribution in [1.82, 2.24) is 9.97 Å². The van der Waals surface area contributed by atoms with Crippen molar-refractivity contribution in [1.29, 1.82) is 5.26 Å². The van der Waals surface area contributed by atoms with Crippen LogP contribution in [0.3, 0.4) is 0 Å². The van der Waals surface area contributed by atoms with Crippen LogP contribution in [0.4, 0.5) is 18.9 Å². The Labute approximate surface area is 123 Å². The molecule has 0 saturated carbocycles. The molecular weight excluding hydrogens is 305 g/mol. The number of alkyl halides is 3. The number of halogens is 4. The normalized spacial score (nSPS) is 15.1. The van der Waals surface area contributed by atoms with Gasteiger partial charge in [0.05, 0.1) is 16.2 Å². The molecule has 1 aliphatic rings. The van der Waals surface area contributed by atoms with Crippen molar-refractivity contribution in [3.8, 4) is 6.07 Å². The van der Waals surface area contributed by atoms with Crippen molar-refractivity contribution in [3.63, 3.8) is 0 Å². The second kappa shape index (κ2) is 4.53. The number of pyridine rings is 1. The van der Waals surface area contributed by atoms with Crippen LogP contribution in [-0.2, 0) is 6.18 Å². The van der Waals surface area contributed by atoms with E-state index in [0.29, 0.717) is 24.3 Å². The molecule has 0 amide bonds. The Morgan fingerprint density at radius 3 is 2.52 bits per heavy atom. The van der Waals surface area contributed by atoms with E-state index in [1.165, 1.54) is 0 Å². The number of hydrogen-bond donors (Lipinski definition) is 1. The third-order valence-electron chi connectivity index (χ3n) is 3.57. The first-order valence-corrected chi connectivity index (χ1v) is 6.66. The van der Waals surface area contributed by atoms with Gasteiger partial charge >= 0.3 is 6.18 Å². The third-order valence-corrected chi connectivity index (χ3v) is 4.04. The van der Waals surface area contributed by atoms with Crippen LogP contribution in [0.2, 0.25) is 5.02 Å². The van der Waals surface area contributed by atoms with Gasteiger partial charge in [0.15, 0.2) is 5.69 Å². The molecule has 0 spiro atoms. The molecule has 1 saturated heterocycles. The van der Waals surface area contributed by atoms with Crippen LogP contribution in [0, 0.1) is 18.3 Å². The minimum absolute atomic E-state index is 0.0578. The Balaban J connectivity index is 2.43. The van der Waals surface area contributed by atoms with Gasteiger partial charge in [0, 0.05) is 18.8 Å². The Kier molecular flexibility index (Phi) is 3.02. The molecule has 1 N–H and O–H groups in total. The van der Waals surface area contributed by atoms with Crippen LogP contribution in [0.25, 0.3) is 11.0 Å². The van der Waals surface area contributed by atoms with Gasteiger partial charge in [-0.05, 0) is 13.3 Å². The molecule has 8 heteroatoms. The number of anilines is 1. The molecule has 0 atom stereocenters. The van der Waals surface area contributed by atoms with Gasteiger partial charge in [0.2, 0.25) is 0 Å². The van der Waals surface area contributed by atoms with Crippen molar-refractivity contribution >= 4 is 28.3 Å². The minimum Gasteiger partial charge on any atom is -0.369 e.